The molecular formula is C21H26ClN3O8. The molecule has 0 saturated carbocycles. The number of carbonyl (C=O) groups is 4. The van der Waals surface area contributed by atoms with Crippen molar-refractivity contribution in [1.82, 2.24) is 10.2 Å². The third-order valence-electron chi connectivity index (χ3n) is 5.34. The monoisotopic (exact) mass is 483 g/mol. The summed E-state index contributed by atoms with van der Waals surface area (Å²) in [5, 5.41) is 13.2. The lowest BCUT2D eigenvalue weighted by atomic mass is 9.97. The highest BCUT2D eigenvalue weighted by Crippen LogP contribution is 2.23. The average Bonchev–Trinajstić information content (AvgIpc) is 2.79. The molecule has 0 unspecified atom stereocenters. The predicted molar refractivity (Wildman–Crippen MR) is 116 cm³/mol. The maximum atomic E-state index is 12.6. The summed E-state index contributed by atoms with van der Waals surface area (Å²) in [6.07, 6.45) is 0.931. The maximum absolute atomic E-state index is 12.6. The number of rotatable bonds is 8. The van der Waals surface area contributed by atoms with Gasteiger partial charge < -0.3 is 19.7 Å². The first-order valence-corrected chi connectivity index (χ1v) is 10.7. The number of non-ortho nitro benzene ring substituents is 1. The number of methoxy groups -OCH3 is 1. The van der Waals surface area contributed by atoms with Crippen LogP contribution in [0.25, 0.3) is 0 Å². The summed E-state index contributed by atoms with van der Waals surface area (Å²) < 4.78 is 9.85. The smallest absolute Gasteiger partial charge is 0.329 e. The summed E-state index contributed by atoms with van der Waals surface area (Å²) in [6.45, 7) is 3.56. The molecule has 1 heterocycles. The van der Waals surface area contributed by atoms with Gasteiger partial charge >= 0.3 is 11.9 Å². The number of hydrogen-bond acceptors (Lipinski definition) is 8. The molecule has 2 amide bonds. The number of nitrogens with one attached hydrogen (secondary N) is 1. The van der Waals surface area contributed by atoms with E-state index in [-0.39, 0.29) is 34.1 Å². The van der Waals surface area contributed by atoms with Crippen LogP contribution in [0, 0.1) is 22.0 Å². The van der Waals surface area contributed by atoms with Crippen molar-refractivity contribution in [3.8, 4) is 0 Å². The second-order valence-corrected chi connectivity index (χ2v) is 8.31. The van der Waals surface area contributed by atoms with Crippen molar-refractivity contribution in [3.63, 3.8) is 0 Å². The predicted octanol–water partition coefficient (Wildman–Crippen LogP) is 1.96. The summed E-state index contributed by atoms with van der Waals surface area (Å²) in [6, 6.07) is 2.30. The van der Waals surface area contributed by atoms with Crippen LogP contribution in [0.5, 0.6) is 0 Å². The van der Waals surface area contributed by atoms with E-state index < -0.39 is 35.4 Å². The standard InChI is InChI=1S/C21H26ClN3O8/c1-12(2)18(23-19(27)15-5-4-14(25(30)31)10-16(15)22)21(29)33-11-17(26)24-8-6-13(7-9-24)20(28)32-3/h4-5,10,12-13,18H,6-9,11H2,1-3H3,(H,23,27)/t18-/m0/s1. The molecule has 0 aromatic heterocycles. The van der Waals surface area contributed by atoms with Gasteiger partial charge in [0.25, 0.3) is 17.5 Å². The number of nitro benzene ring substituents is 1. The first kappa shape index (κ1) is 26.0. The Labute approximate surface area is 195 Å². The van der Waals surface area contributed by atoms with Crippen molar-refractivity contribution in [2.24, 2.45) is 11.8 Å². The highest BCUT2D eigenvalue weighted by molar-refractivity contribution is 6.34. The van der Waals surface area contributed by atoms with E-state index in [4.69, 9.17) is 21.1 Å². The Bertz CT molecular complexity index is 928. The Morgan fingerprint density at radius 3 is 2.39 bits per heavy atom. The van der Waals surface area contributed by atoms with Gasteiger partial charge in [0.2, 0.25) is 0 Å². The lowest BCUT2D eigenvalue weighted by molar-refractivity contribution is -0.384. The van der Waals surface area contributed by atoms with Crippen molar-refractivity contribution in [2.75, 3.05) is 26.8 Å². The normalized spacial score (nSPS) is 15.0. The first-order valence-electron chi connectivity index (χ1n) is 10.3. The lowest BCUT2D eigenvalue weighted by Crippen LogP contribution is -2.47. The summed E-state index contributed by atoms with van der Waals surface area (Å²) >= 11 is 5.98. The molecule has 1 N–H and O–H groups in total. The average molecular weight is 484 g/mol. The van der Waals surface area contributed by atoms with E-state index in [1.807, 2.05) is 0 Å². The van der Waals surface area contributed by atoms with Crippen LogP contribution in [0.4, 0.5) is 5.69 Å². The summed E-state index contributed by atoms with van der Waals surface area (Å²) in [5.41, 5.74) is -0.309. The molecule has 1 aromatic carbocycles. The van der Waals surface area contributed by atoms with E-state index in [1.165, 1.54) is 18.1 Å². The minimum absolute atomic E-state index is 0.0368. The summed E-state index contributed by atoms with van der Waals surface area (Å²) in [5.74, 6) is -2.84. The van der Waals surface area contributed by atoms with E-state index in [0.29, 0.717) is 25.9 Å². The fraction of sp³-hybridized carbons (Fsp3) is 0.524. The van der Waals surface area contributed by atoms with Gasteiger partial charge in [-0.1, -0.05) is 25.4 Å². The number of esters is 2. The maximum Gasteiger partial charge on any atom is 0.329 e. The van der Waals surface area contributed by atoms with Gasteiger partial charge in [-0.15, -0.1) is 0 Å². The number of ether oxygens (including phenoxy) is 2. The zero-order valence-electron chi connectivity index (χ0n) is 18.5. The third-order valence-corrected chi connectivity index (χ3v) is 5.65. The Morgan fingerprint density at radius 1 is 1.24 bits per heavy atom. The number of piperidine rings is 1. The van der Waals surface area contributed by atoms with Crippen LogP contribution in [0.1, 0.15) is 37.0 Å². The van der Waals surface area contributed by atoms with Gasteiger partial charge in [0.15, 0.2) is 6.61 Å². The Morgan fingerprint density at radius 2 is 1.88 bits per heavy atom. The molecule has 1 aliphatic heterocycles. The summed E-state index contributed by atoms with van der Waals surface area (Å²) in [7, 11) is 1.32. The number of nitro groups is 1. The second-order valence-electron chi connectivity index (χ2n) is 7.90. The lowest BCUT2D eigenvalue weighted by Gasteiger charge is -2.30. The van der Waals surface area contributed by atoms with E-state index in [2.05, 4.69) is 5.32 Å². The van der Waals surface area contributed by atoms with Crippen molar-refractivity contribution in [2.45, 2.75) is 32.7 Å². The molecule has 1 aliphatic rings. The molecule has 1 fully saturated rings. The molecule has 2 rings (SSSR count). The molecule has 12 heteroatoms. The van der Waals surface area contributed by atoms with Gasteiger partial charge in [-0.05, 0) is 24.8 Å². The molecule has 0 bridgehead atoms. The van der Waals surface area contributed by atoms with E-state index in [9.17, 15) is 29.3 Å². The van der Waals surface area contributed by atoms with Crippen molar-refractivity contribution >= 4 is 41.0 Å². The number of nitrogens with zero attached hydrogens (tertiary/aromatic N) is 2. The zero-order chi connectivity index (χ0) is 24.7. The second kappa shape index (κ2) is 11.6. The molecule has 1 atom stereocenters. The summed E-state index contributed by atoms with van der Waals surface area (Å²) in [4.78, 5) is 60.8. The number of benzene rings is 1. The largest absolute Gasteiger partial charge is 0.469 e. The SMILES string of the molecule is COC(=O)C1CCN(C(=O)COC(=O)[C@@H](NC(=O)c2ccc([N+](=O)[O-])cc2Cl)C(C)C)CC1. The van der Waals surface area contributed by atoms with Gasteiger partial charge in [-0.2, -0.15) is 0 Å². The first-order chi connectivity index (χ1) is 15.5. The fourth-order valence-corrected chi connectivity index (χ4v) is 3.62. The van der Waals surface area contributed by atoms with Gasteiger partial charge in [0.05, 0.1) is 28.5 Å². The number of halogens is 1. The van der Waals surface area contributed by atoms with Gasteiger partial charge in [-0.3, -0.25) is 24.5 Å². The van der Waals surface area contributed by atoms with Crippen molar-refractivity contribution in [1.29, 1.82) is 0 Å². The van der Waals surface area contributed by atoms with E-state index in [0.717, 1.165) is 12.1 Å². The van der Waals surface area contributed by atoms with Crippen LogP contribution in [0.2, 0.25) is 5.02 Å². The van der Waals surface area contributed by atoms with Gasteiger partial charge in [0.1, 0.15) is 6.04 Å². The Balaban J connectivity index is 1.93. The minimum Gasteiger partial charge on any atom is -0.469 e. The highest BCUT2D eigenvalue weighted by Gasteiger charge is 2.31. The quantitative estimate of drug-likeness (QED) is 0.335. The minimum atomic E-state index is -1.07. The van der Waals surface area contributed by atoms with Crippen molar-refractivity contribution < 1.29 is 33.6 Å². The number of hydrogen-bond donors (Lipinski definition) is 1. The Hall–Kier alpha value is -3.21. The van der Waals surface area contributed by atoms with Gasteiger partial charge in [-0.25, -0.2) is 4.79 Å². The van der Waals surface area contributed by atoms with Crippen LogP contribution in [-0.4, -0.2) is 66.4 Å². The third kappa shape index (κ3) is 6.88. The molecule has 0 spiro atoms. The van der Waals surface area contributed by atoms with E-state index >= 15 is 0 Å². The molecular weight excluding hydrogens is 458 g/mol. The molecule has 11 nitrogen and oxygen atoms in total. The topological polar surface area (TPSA) is 145 Å². The van der Waals surface area contributed by atoms with E-state index in [1.54, 1.807) is 13.8 Å². The fourth-order valence-electron chi connectivity index (χ4n) is 3.36. The molecule has 1 saturated heterocycles. The molecule has 180 valence electrons. The number of likely N-dealkylation sites (tertiary alicyclic amines) is 1. The molecule has 0 radical (unpaired) electrons. The Kier molecular flexibility index (Phi) is 9.15. The van der Waals surface area contributed by atoms with Crippen LogP contribution in [0.3, 0.4) is 0 Å². The zero-order valence-corrected chi connectivity index (χ0v) is 19.3. The van der Waals surface area contributed by atoms with Crippen LogP contribution in [-0.2, 0) is 23.9 Å². The van der Waals surface area contributed by atoms with Crippen LogP contribution >= 0.6 is 11.6 Å². The molecule has 1 aromatic rings. The molecule has 0 aliphatic carbocycles. The number of amides is 2. The highest BCUT2D eigenvalue weighted by atomic mass is 35.5. The van der Waals surface area contributed by atoms with Crippen LogP contribution < -0.4 is 5.32 Å². The molecule has 33 heavy (non-hydrogen) atoms. The number of carbonyl (C=O) groups excluding carboxylic acids is 4. The van der Waals surface area contributed by atoms with Gasteiger partial charge in [0, 0.05) is 25.2 Å². The van der Waals surface area contributed by atoms with Crippen molar-refractivity contribution in [3.05, 3.63) is 38.9 Å². The van der Waals surface area contributed by atoms with Crippen LogP contribution in [0.15, 0.2) is 18.2 Å².